The Balaban J connectivity index is 1.43. The number of hydrogen-bond donors (Lipinski definition) is 3. The Bertz CT molecular complexity index is 1300. The van der Waals surface area contributed by atoms with Crippen molar-refractivity contribution in [3.63, 3.8) is 0 Å². The number of benzene rings is 2. The lowest BCUT2D eigenvalue weighted by Gasteiger charge is -1.99. The van der Waals surface area contributed by atoms with Crippen LogP contribution >= 0.6 is 0 Å². The molecule has 2 aromatic carbocycles. The molecule has 0 spiro atoms. The molecule has 0 radical (unpaired) electrons. The molecular formula is C19H15N7O. The van der Waals surface area contributed by atoms with Crippen molar-refractivity contribution in [3.05, 3.63) is 54.2 Å². The minimum Gasteiger partial charge on any atom is -0.497 e. The molecule has 0 bridgehead atoms. The molecule has 0 amide bonds. The first-order valence-electron chi connectivity index (χ1n) is 8.37. The second-order valence-electron chi connectivity index (χ2n) is 6.03. The lowest BCUT2D eigenvalue weighted by atomic mass is 10.2. The van der Waals surface area contributed by atoms with Crippen LogP contribution in [0.4, 0.5) is 5.95 Å². The Morgan fingerprint density at radius 1 is 1.07 bits per heavy atom. The predicted molar refractivity (Wildman–Crippen MR) is 105 cm³/mol. The fourth-order valence-electron chi connectivity index (χ4n) is 3.08. The van der Waals surface area contributed by atoms with E-state index in [1.165, 1.54) is 0 Å². The van der Waals surface area contributed by atoms with Gasteiger partial charge in [0, 0.05) is 33.6 Å². The zero-order valence-corrected chi connectivity index (χ0v) is 14.4. The van der Waals surface area contributed by atoms with E-state index in [-0.39, 0.29) is 0 Å². The maximum Gasteiger partial charge on any atom is 0.265 e. The Morgan fingerprint density at radius 3 is 2.93 bits per heavy atom. The van der Waals surface area contributed by atoms with Gasteiger partial charge in [0.25, 0.3) is 5.95 Å². The molecule has 5 aromatic rings. The van der Waals surface area contributed by atoms with E-state index in [4.69, 9.17) is 4.74 Å². The second kappa shape index (κ2) is 6.10. The maximum atomic E-state index is 5.28. The van der Waals surface area contributed by atoms with Gasteiger partial charge in [-0.25, -0.2) is 5.43 Å². The van der Waals surface area contributed by atoms with E-state index in [9.17, 15) is 0 Å². The number of hydrogen-bond acceptors (Lipinski definition) is 6. The van der Waals surface area contributed by atoms with Crippen LogP contribution in [0.25, 0.3) is 33.0 Å². The number of nitrogens with one attached hydrogen (secondary N) is 3. The quantitative estimate of drug-likeness (QED) is 0.338. The average molecular weight is 357 g/mol. The third kappa shape index (κ3) is 2.63. The van der Waals surface area contributed by atoms with Crippen molar-refractivity contribution in [3.8, 4) is 5.75 Å². The average Bonchev–Trinajstić information content (AvgIpc) is 3.28. The highest BCUT2D eigenvalue weighted by atomic mass is 16.5. The number of methoxy groups -OCH3 is 1. The molecule has 0 aliphatic heterocycles. The van der Waals surface area contributed by atoms with Crippen LogP contribution in [0.1, 0.15) is 5.56 Å². The smallest absolute Gasteiger partial charge is 0.265 e. The highest BCUT2D eigenvalue weighted by Crippen LogP contribution is 2.23. The summed E-state index contributed by atoms with van der Waals surface area (Å²) < 4.78 is 5.28. The number of hydrazone groups is 1. The molecule has 0 saturated heterocycles. The number of fused-ring (bicyclic) bond motifs is 4. The Labute approximate surface area is 153 Å². The van der Waals surface area contributed by atoms with Crippen LogP contribution in [0.2, 0.25) is 0 Å². The summed E-state index contributed by atoms with van der Waals surface area (Å²) in [6.45, 7) is 0. The van der Waals surface area contributed by atoms with Crippen molar-refractivity contribution in [2.24, 2.45) is 5.10 Å². The number of ether oxygens (including phenoxy) is 1. The number of aromatic amines is 2. The van der Waals surface area contributed by atoms with Crippen LogP contribution < -0.4 is 10.2 Å². The van der Waals surface area contributed by atoms with E-state index in [0.29, 0.717) is 11.6 Å². The minimum atomic E-state index is 0.322. The lowest BCUT2D eigenvalue weighted by molar-refractivity contribution is 0.415. The van der Waals surface area contributed by atoms with Crippen LogP contribution in [0.3, 0.4) is 0 Å². The van der Waals surface area contributed by atoms with E-state index >= 15 is 0 Å². The van der Waals surface area contributed by atoms with Gasteiger partial charge in [0.1, 0.15) is 11.3 Å². The first kappa shape index (κ1) is 15.3. The van der Waals surface area contributed by atoms with Crippen molar-refractivity contribution >= 4 is 45.1 Å². The Hall–Kier alpha value is -3.94. The topological polar surface area (TPSA) is 104 Å². The summed E-state index contributed by atoms with van der Waals surface area (Å²) in [6.07, 6.45) is 3.59. The van der Waals surface area contributed by atoms with Gasteiger partial charge in [-0.2, -0.15) is 10.1 Å². The first-order valence-corrected chi connectivity index (χ1v) is 8.37. The van der Waals surface area contributed by atoms with E-state index < -0.39 is 0 Å². The molecule has 3 N–H and O–H groups in total. The molecule has 8 nitrogen and oxygen atoms in total. The Kier molecular flexibility index (Phi) is 3.46. The third-order valence-electron chi connectivity index (χ3n) is 4.41. The van der Waals surface area contributed by atoms with E-state index in [0.717, 1.165) is 38.6 Å². The molecule has 0 atom stereocenters. The highest BCUT2D eigenvalue weighted by molar-refractivity contribution is 6.03. The molecule has 0 aliphatic carbocycles. The van der Waals surface area contributed by atoms with Gasteiger partial charge < -0.3 is 14.7 Å². The van der Waals surface area contributed by atoms with Crippen molar-refractivity contribution in [2.45, 2.75) is 0 Å². The molecule has 0 unspecified atom stereocenters. The summed E-state index contributed by atoms with van der Waals surface area (Å²) in [4.78, 5) is 10.9. The summed E-state index contributed by atoms with van der Waals surface area (Å²) >= 11 is 0. The van der Waals surface area contributed by atoms with Crippen LogP contribution in [-0.4, -0.2) is 38.5 Å². The number of H-pyrrole nitrogens is 2. The monoisotopic (exact) mass is 357 g/mol. The number of aromatic nitrogens is 5. The standard InChI is InChI=1S/C19H15N7O/c1-27-12-6-7-15-14(8-12)11(9-20-15)10-21-25-19-23-18-17(24-26-19)13-4-2-3-5-16(13)22-18/h2-10,20H,1H3,(H2,22,23,25,26)/b21-10+. The highest BCUT2D eigenvalue weighted by Gasteiger charge is 2.08. The molecule has 0 fully saturated rings. The maximum absolute atomic E-state index is 5.28. The first-order chi connectivity index (χ1) is 13.3. The van der Waals surface area contributed by atoms with Gasteiger partial charge in [0.05, 0.1) is 13.3 Å². The van der Waals surface area contributed by atoms with Crippen molar-refractivity contribution in [1.82, 2.24) is 25.1 Å². The van der Waals surface area contributed by atoms with Crippen LogP contribution in [0.5, 0.6) is 5.75 Å². The normalized spacial score (nSPS) is 11.7. The molecule has 3 heterocycles. The summed E-state index contributed by atoms with van der Waals surface area (Å²) in [5.41, 5.74) is 7.15. The van der Waals surface area contributed by atoms with Gasteiger partial charge in [-0.15, -0.1) is 10.2 Å². The molecule has 0 aliphatic rings. The molecule has 3 aromatic heterocycles. The number of anilines is 1. The van der Waals surface area contributed by atoms with Crippen molar-refractivity contribution < 1.29 is 4.74 Å². The summed E-state index contributed by atoms with van der Waals surface area (Å²) in [6, 6.07) is 13.7. The molecule has 0 saturated carbocycles. The van der Waals surface area contributed by atoms with Crippen LogP contribution in [0.15, 0.2) is 53.8 Å². The zero-order valence-electron chi connectivity index (χ0n) is 14.4. The lowest BCUT2D eigenvalue weighted by Crippen LogP contribution is -1.98. The molecular weight excluding hydrogens is 342 g/mol. The molecule has 8 heteroatoms. The van der Waals surface area contributed by atoms with Crippen LogP contribution in [0, 0.1) is 0 Å². The molecule has 27 heavy (non-hydrogen) atoms. The Morgan fingerprint density at radius 2 is 2.00 bits per heavy atom. The summed E-state index contributed by atoms with van der Waals surface area (Å²) in [5, 5.41) is 14.6. The zero-order chi connectivity index (χ0) is 18.2. The predicted octanol–water partition coefficient (Wildman–Crippen LogP) is 3.44. The fraction of sp³-hybridized carbons (Fsp3) is 0.0526. The van der Waals surface area contributed by atoms with Gasteiger partial charge in [-0.3, -0.25) is 0 Å². The van der Waals surface area contributed by atoms with E-state index in [1.807, 2.05) is 48.7 Å². The summed E-state index contributed by atoms with van der Waals surface area (Å²) in [5.74, 6) is 1.12. The molecule has 5 rings (SSSR count). The second-order valence-corrected chi connectivity index (χ2v) is 6.03. The third-order valence-corrected chi connectivity index (χ3v) is 4.41. The van der Waals surface area contributed by atoms with Gasteiger partial charge in [0.2, 0.25) is 0 Å². The number of nitrogens with zero attached hydrogens (tertiary/aromatic N) is 4. The van der Waals surface area contributed by atoms with Gasteiger partial charge in [-0.05, 0) is 24.3 Å². The minimum absolute atomic E-state index is 0.322. The van der Waals surface area contributed by atoms with Gasteiger partial charge in [-0.1, -0.05) is 18.2 Å². The largest absolute Gasteiger partial charge is 0.497 e. The summed E-state index contributed by atoms with van der Waals surface area (Å²) in [7, 11) is 1.65. The number of para-hydroxylation sites is 1. The van der Waals surface area contributed by atoms with Crippen molar-refractivity contribution in [1.29, 1.82) is 0 Å². The SMILES string of the molecule is COc1ccc2[nH]cc(/C=N/Nc3nnc4c(n3)[nH]c3ccccc34)c2c1. The van der Waals surface area contributed by atoms with Crippen molar-refractivity contribution in [2.75, 3.05) is 12.5 Å². The fourth-order valence-corrected chi connectivity index (χ4v) is 3.08. The van der Waals surface area contributed by atoms with Gasteiger partial charge >= 0.3 is 0 Å². The van der Waals surface area contributed by atoms with Gasteiger partial charge in [0.15, 0.2) is 5.65 Å². The molecule has 132 valence electrons. The number of rotatable bonds is 4. The van der Waals surface area contributed by atoms with E-state index in [1.54, 1.807) is 13.3 Å². The van der Waals surface area contributed by atoms with Crippen LogP contribution in [-0.2, 0) is 0 Å². The van der Waals surface area contributed by atoms with E-state index in [2.05, 4.69) is 35.7 Å².